The number of ether oxygens (including phenoxy) is 3. The Bertz CT molecular complexity index is 309. The normalized spacial score (nSPS) is 33.3. The van der Waals surface area contributed by atoms with E-state index in [-0.39, 0.29) is 12.7 Å². The standard InChI is InChI=1S/C14H22O4/c1-3-13(15)16-10-14(17-9-11(2)18-14)12-7-5-4-6-8-12/h3,11-12H,1,4-10H2,2H3. The molecule has 1 saturated carbocycles. The van der Waals surface area contributed by atoms with E-state index in [0.29, 0.717) is 12.5 Å². The molecule has 1 aliphatic carbocycles. The molecule has 0 amide bonds. The van der Waals surface area contributed by atoms with E-state index in [2.05, 4.69) is 6.58 Å². The van der Waals surface area contributed by atoms with Crippen LogP contribution < -0.4 is 0 Å². The first-order chi connectivity index (χ1) is 8.66. The fourth-order valence-electron chi connectivity index (χ4n) is 2.85. The highest BCUT2D eigenvalue weighted by atomic mass is 16.8. The van der Waals surface area contributed by atoms with E-state index in [0.717, 1.165) is 12.8 Å². The lowest BCUT2D eigenvalue weighted by Gasteiger charge is -2.37. The fourth-order valence-corrected chi connectivity index (χ4v) is 2.85. The summed E-state index contributed by atoms with van der Waals surface area (Å²) in [4.78, 5) is 11.2. The van der Waals surface area contributed by atoms with Gasteiger partial charge in [0.2, 0.25) is 5.79 Å². The van der Waals surface area contributed by atoms with Crippen molar-refractivity contribution in [3.05, 3.63) is 12.7 Å². The topological polar surface area (TPSA) is 44.8 Å². The maximum Gasteiger partial charge on any atom is 0.330 e. The lowest BCUT2D eigenvalue weighted by atomic mass is 9.83. The van der Waals surface area contributed by atoms with E-state index < -0.39 is 11.8 Å². The van der Waals surface area contributed by atoms with Crippen molar-refractivity contribution in [2.24, 2.45) is 5.92 Å². The van der Waals surface area contributed by atoms with Crippen LogP contribution in [0.15, 0.2) is 12.7 Å². The van der Waals surface area contributed by atoms with E-state index in [1.807, 2.05) is 6.92 Å². The Morgan fingerprint density at radius 2 is 2.17 bits per heavy atom. The zero-order valence-corrected chi connectivity index (χ0v) is 11.0. The summed E-state index contributed by atoms with van der Waals surface area (Å²) in [7, 11) is 0. The fraction of sp³-hybridized carbons (Fsp3) is 0.786. The Balaban J connectivity index is 2.02. The van der Waals surface area contributed by atoms with Crippen molar-refractivity contribution >= 4 is 5.97 Å². The van der Waals surface area contributed by atoms with Gasteiger partial charge in [0.25, 0.3) is 0 Å². The largest absolute Gasteiger partial charge is 0.457 e. The summed E-state index contributed by atoms with van der Waals surface area (Å²) < 4.78 is 17.0. The number of hydrogen-bond acceptors (Lipinski definition) is 4. The van der Waals surface area contributed by atoms with E-state index >= 15 is 0 Å². The summed E-state index contributed by atoms with van der Waals surface area (Å²) in [6.07, 6.45) is 7.07. The quantitative estimate of drug-likeness (QED) is 0.571. The first kappa shape index (κ1) is 13.6. The van der Waals surface area contributed by atoms with Crippen molar-refractivity contribution < 1.29 is 19.0 Å². The minimum Gasteiger partial charge on any atom is -0.457 e. The van der Waals surface area contributed by atoms with Gasteiger partial charge in [-0.2, -0.15) is 0 Å². The maximum absolute atomic E-state index is 11.2. The van der Waals surface area contributed by atoms with Gasteiger partial charge >= 0.3 is 5.97 Å². The summed E-state index contributed by atoms with van der Waals surface area (Å²) in [6, 6.07) is 0. The molecule has 4 nitrogen and oxygen atoms in total. The average molecular weight is 254 g/mol. The first-order valence-corrected chi connectivity index (χ1v) is 6.77. The summed E-state index contributed by atoms with van der Waals surface area (Å²) in [5, 5.41) is 0. The third kappa shape index (κ3) is 2.93. The predicted octanol–water partition coefficient (Wildman–Crippen LogP) is 2.43. The van der Waals surface area contributed by atoms with Crippen molar-refractivity contribution in [3.63, 3.8) is 0 Å². The van der Waals surface area contributed by atoms with Crippen LogP contribution in [-0.2, 0) is 19.0 Å². The van der Waals surface area contributed by atoms with Gasteiger partial charge in [-0.25, -0.2) is 4.79 Å². The van der Waals surface area contributed by atoms with Crippen LogP contribution in [0.1, 0.15) is 39.0 Å². The lowest BCUT2D eigenvalue weighted by molar-refractivity contribution is -0.236. The lowest BCUT2D eigenvalue weighted by Crippen LogP contribution is -2.45. The second-order valence-corrected chi connectivity index (χ2v) is 5.20. The van der Waals surface area contributed by atoms with Gasteiger partial charge in [0.15, 0.2) is 0 Å². The zero-order chi connectivity index (χ0) is 13.0. The molecule has 2 atom stereocenters. The molecule has 4 heteroatoms. The van der Waals surface area contributed by atoms with Crippen LogP contribution >= 0.6 is 0 Å². The van der Waals surface area contributed by atoms with Crippen LogP contribution in [0.5, 0.6) is 0 Å². The third-order valence-corrected chi connectivity index (χ3v) is 3.77. The van der Waals surface area contributed by atoms with Crippen LogP contribution in [-0.4, -0.2) is 31.1 Å². The Hall–Kier alpha value is -0.870. The number of carbonyl (C=O) groups is 1. The average Bonchev–Trinajstić information content (AvgIpc) is 2.80. The van der Waals surface area contributed by atoms with Crippen LogP contribution in [0.3, 0.4) is 0 Å². The third-order valence-electron chi connectivity index (χ3n) is 3.77. The van der Waals surface area contributed by atoms with Gasteiger partial charge in [-0.1, -0.05) is 25.8 Å². The molecule has 0 bridgehead atoms. The van der Waals surface area contributed by atoms with Crippen molar-refractivity contribution in [2.75, 3.05) is 13.2 Å². The Morgan fingerprint density at radius 1 is 1.44 bits per heavy atom. The van der Waals surface area contributed by atoms with Gasteiger partial charge in [-0.05, 0) is 19.8 Å². The second kappa shape index (κ2) is 5.85. The highest BCUT2D eigenvalue weighted by Crippen LogP contribution is 2.40. The van der Waals surface area contributed by atoms with Gasteiger partial charge in [-0.15, -0.1) is 0 Å². The van der Waals surface area contributed by atoms with Crippen molar-refractivity contribution in [2.45, 2.75) is 50.9 Å². The SMILES string of the molecule is C=CC(=O)OCC1(C2CCCCC2)OCC(C)O1. The number of carbonyl (C=O) groups excluding carboxylic acids is 1. The summed E-state index contributed by atoms with van der Waals surface area (Å²) >= 11 is 0. The molecule has 2 rings (SSSR count). The van der Waals surface area contributed by atoms with Gasteiger partial charge in [0.05, 0.1) is 12.7 Å². The molecular weight excluding hydrogens is 232 g/mol. The maximum atomic E-state index is 11.2. The molecule has 1 aliphatic heterocycles. The predicted molar refractivity (Wildman–Crippen MR) is 67.0 cm³/mol. The molecular formula is C14H22O4. The molecule has 102 valence electrons. The van der Waals surface area contributed by atoms with Crippen LogP contribution in [0.2, 0.25) is 0 Å². The summed E-state index contributed by atoms with van der Waals surface area (Å²) in [5.74, 6) is -0.816. The van der Waals surface area contributed by atoms with E-state index in [9.17, 15) is 4.79 Å². The molecule has 0 spiro atoms. The van der Waals surface area contributed by atoms with Gasteiger partial charge in [0, 0.05) is 12.0 Å². The van der Waals surface area contributed by atoms with E-state index in [1.165, 1.54) is 25.3 Å². The van der Waals surface area contributed by atoms with Gasteiger partial charge < -0.3 is 14.2 Å². The smallest absolute Gasteiger partial charge is 0.330 e. The summed E-state index contributed by atoms with van der Waals surface area (Å²) in [5.41, 5.74) is 0. The highest BCUT2D eigenvalue weighted by molar-refractivity contribution is 5.81. The van der Waals surface area contributed by atoms with Crippen LogP contribution in [0.25, 0.3) is 0 Å². The molecule has 0 aromatic heterocycles. The molecule has 18 heavy (non-hydrogen) atoms. The number of hydrogen-bond donors (Lipinski definition) is 0. The Kier molecular flexibility index (Phi) is 4.40. The molecule has 0 aromatic rings. The van der Waals surface area contributed by atoms with Gasteiger partial charge in [0.1, 0.15) is 6.61 Å². The Labute approximate surface area is 108 Å². The second-order valence-electron chi connectivity index (χ2n) is 5.20. The van der Waals surface area contributed by atoms with Crippen LogP contribution in [0.4, 0.5) is 0 Å². The summed E-state index contributed by atoms with van der Waals surface area (Å²) in [6.45, 7) is 6.13. The minimum absolute atomic E-state index is 0.0642. The van der Waals surface area contributed by atoms with Crippen molar-refractivity contribution in [3.8, 4) is 0 Å². The van der Waals surface area contributed by atoms with Gasteiger partial charge in [-0.3, -0.25) is 0 Å². The molecule has 2 unspecified atom stereocenters. The zero-order valence-electron chi connectivity index (χ0n) is 11.0. The van der Waals surface area contributed by atoms with Crippen molar-refractivity contribution in [1.29, 1.82) is 0 Å². The highest BCUT2D eigenvalue weighted by Gasteiger charge is 2.48. The Morgan fingerprint density at radius 3 is 2.72 bits per heavy atom. The van der Waals surface area contributed by atoms with E-state index in [1.54, 1.807) is 0 Å². The molecule has 0 aromatic carbocycles. The van der Waals surface area contributed by atoms with Crippen LogP contribution in [0, 0.1) is 5.92 Å². The molecule has 0 radical (unpaired) electrons. The molecule has 1 saturated heterocycles. The van der Waals surface area contributed by atoms with Crippen molar-refractivity contribution in [1.82, 2.24) is 0 Å². The van der Waals surface area contributed by atoms with E-state index in [4.69, 9.17) is 14.2 Å². The number of rotatable bonds is 4. The monoisotopic (exact) mass is 254 g/mol. The molecule has 2 aliphatic rings. The number of esters is 1. The molecule has 0 N–H and O–H groups in total. The first-order valence-electron chi connectivity index (χ1n) is 6.77. The molecule has 2 fully saturated rings. The molecule has 1 heterocycles. The minimum atomic E-state index is -0.724.